The molecule has 0 bridgehead atoms. The Balaban J connectivity index is 2.85. The second kappa shape index (κ2) is 17.1. The monoisotopic (exact) mass is 555 g/mol. The van der Waals surface area contributed by atoms with Gasteiger partial charge in [0.05, 0.1) is 13.2 Å². The molecule has 1 rings (SSSR count). The summed E-state index contributed by atoms with van der Waals surface area (Å²) < 4.78 is 35.9. The summed E-state index contributed by atoms with van der Waals surface area (Å²) in [6.45, 7) is 12.6. The van der Waals surface area contributed by atoms with Gasteiger partial charge >= 0.3 is 24.4 Å². The lowest BCUT2D eigenvalue weighted by Gasteiger charge is -2.23. The third-order valence-corrected chi connectivity index (χ3v) is 5.47. The van der Waals surface area contributed by atoms with Crippen LogP contribution in [0, 0.1) is 5.92 Å². The van der Waals surface area contributed by atoms with Crippen LogP contribution in [0.3, 0.4) is 0 Å². The van der Waals surface area contributed by atoms with Gasteiger partial charge in [-0.3, -0.25) is 4.79 Å². The minimum absolute atomic E-state index is 0.00430. The molecule has 0 saturated carbocycles. The van der Waals surface area contributed by atoms with Crippen LogP contribution in [0.2, 0.25) is 0 Å². The van der Waals surface area contributed by atoms with Crippen LogP contribution in [0.25, 0.3) is 0 Å². The summed E-state index contributed by atoms with van der Waals surface area (Å²) in [5.41, 5.74) is 6.53. The summed E-state index contributed by atoms with van der Waals surface area (Å²) in [6, 6.07) is 3.21. The summed E-state index contributed by atoms with van der Waals surface area (Å²) in [4.78, 5) is 48.5. The zero-order valence-electron chi connectivity index (χ0n) is 23.7. The molecule has 0 aromatic heterocycles. The molecule has 39 heavy (non-hydrogen) atoms. The third-order valence-electron chi connectivity index (χ3n) is 5.47. The Labute approximate surface area is 229 Å². The first kappa shape index (κ1) is 33.5. The van der Waals surface area contributed by atoms with Crippen LogP contribution in [-0.4, -0.2) is 62.0 Å². The molecule has 12 nitrogen and oxygen atoms in total. The molecule has 220 valence electrons. The molecule has 0 amide bonds. The van der Waals surface area contributed by atoms with Crippen LogP contribution >= 0.6 is 0 Å². The zero-order chi connectivity index (χ0) is 29.5. The van der Waals surface area contributed by atoms with Crippen LogP contribution in [0.5, 0.6) is 11.5 Å². The number of esters is 1. The van der Waals surface area contributed by atoms with E-state index >= 15 is 0 Å². The van der Waals surface area contributed by atoms with Gasteiger partial charge in [0.25, 0.3) is 0 Å². The molecule has 0 aliphatic carbocycles. The van der Waals surface area contributed by atoms with Crippen molar-refractivity contribution in [3.63, 3.8) is 0 Å². The van der Waals surface area contributed by atoms with Gasteiger partial charge in [-0.05, 0) is 63.6 Å². The largest absolute Gasteiger partial charge is 0.513 e. The molecule has 0 radical (unpaired) electrons. The highest BCUT2D eigenvalue weighted by Gasteiger charge is 2.26. The number of rotatable bonds is 14. The average Bonchev–Trinajstić information content (AvgIpc) is 2.87. The lowest BCUT2D eigenvalue weighted by atomic mass is 10.1. The molecule has 4 atom stereocenters. The zero-order valence-corrected chi connectivity index (χ0v) is 23.7. The molecule has 0 fully saturated rings. The van der Waals surface area contributed by atoms with E-state index in [2.05, 4.69) is 0 Å². The second-order valence-electron chi connectivity index (χ2n) is 9.27. The van der Waals surface area contributed by atoms with Crippen molar-refractivity contribution in [1.29, 1.82) is 0 Å². The van der Waals surface area contributed by atoms with Gasteiger partial charge in [0, 0.05) is 0 Å². The third kappa shape index (κ3) is 12.7. The van der Waals surface area contributed by atoms with E-state index in [-0.39, 0.29) is 43.2 Å². The highest BCUT2D eigenvalue weighted by Crippen LogP contribution is 2.30. The molecular formula is C27H41NO11. The number of nitrogens with two attached hydrogens (primary N) is 1. The molecule has 0 heterocycles. The summed E-state index contributed by atoms with van der Waals surface area (Å²) in [7, 11) is 0. The van der Waals surface area contributed by atoms with Crippen molar-refractivity contribution in [2.75, 3.05) is 13.2 Å². The van der Waals surface area contributed by atoms with Crippen molar-refractivity contribution in [2.24, 2.45) is 11.7 Å². The minimum atomic E-state index is -1.10. The average molecular weight is 556 g/mol. The standard InChI is InChI=1S/C27H41NO11/c1-8-12-33-25(30)38-22-11-10-20(15-23(22)39-26(31)34-13-9-2)14-21(28)24(29)35-18(6)19(7)37-27(32)36-17(5)16(3)4/h10-11,15-19,21H,8-9,12-14,28H2,1-7H3/t17?,18-,19?,21-/m0/s1. The fraction of sp³-hybridized carbons (Fsp3) is 0.630. The predicted octanol–water partition coefficient (Wildman–Crippen LogP) is 4.93. The quantitative estimate of drug-likeness (QED) is 0.188. The maximum Gasteiger partial charge on any atom is 0.513 e. The molecule has 2 unspecified atom stereocenters. The lowest BCUT2D eigenvalue weighted by Crippen LogP contribution is -2.39. The molecule has 0 aliphatic rings. The van der Waals surface area contributed by atoms with E-state index in [4.69, 9.17) is 38.9 Å². The maximum atomic E-state index is 12.6. The van der Waals surface area contributed by atoms with Gasteiger partial charge in [-0.25, -0.2) is 14.4 Å². The Bertz CT molecular complexity index is 950. The molecular weight excluding hydrogens is 514 g/mol. The van der Waals surface area contributed by atoms with Crippen molar-refractivity contribution < 1.29 is 52.3 Å². The van der Waals surface area contributed by atoms with Gasteiger partial charge in [-0.2, -0.15) is 0 Å². The smallest absolute Gasteiger partial charge is 0.458 e. The summed E-state index contributed by atoms with van der Waals surface area (Å²) in [5.74, 6) is -0.824. The van der Waals surface area contributed by atoms with Gasteiger partial charge in [-0.15, -0.1) is 0 Å². The normalized spacial score (nSPS) is 13.9. The SMILES string of the molecule is CCCOC(=O)Oc1ccc(C[C@H](N)C(=O)O[C@@H](C)C(C)OC(=O)OC(C)C(C)C)cc1OC(=O)OCCC. The molecule has 0 saturated heterocycles. The van der Waals surface area contributed by atoms with Crippen molar-refractivity contribution >= 4 is 24.4 Å². The van der Waals surface area contributed by atoms with Crippen molar-refractivity contribution in [3.05, 3.63) is 23.8 Å². The van der Waals surface area contributed by atoms with E-state index in [1.807, 2.05) is 27.7 Å². The summed E-state index contributed by atoms with van der Waals surface area (Å²) in [5, 5.41) is 0. The summed E-state index contributed by atoms with van der Waals surface area (Å²) in [6.07, 6.45) is -3.57. The first-order chi connectivity index (χ1) is 18.4. The number of benzene rings is 1. The van der Waals surface area contributed by atoms with Crippen LogP contribution in [-0.2, 0) is 34.9 Å². The first-order valence-electron chi connectivity index (χ1n) is 13.0. The number of hydrogen-bond acceptors (Lipinski definition) is 12. The Hall–Kier alpha value is -3.54. The van der Waals surface area contributed by atoms with Crippen LogP contribution < -0.4 is 15.2 Å². The van der Waals surface area contributed by atoms with Gasteiger partial charge in [0.1, 0.15) is 24.4 Å². The van der Waals surface area contributed by atoms with Crippen molar-refractivity contribution in [1.82, 2.24) is 0 Å². The number of carbonyl (C=O) groups is 4. The number of carbonyl (C=O) groups excluding carboxylic acids is 4. The molecule has 2 N–H and O–H groups in total. The minimum Gasteiger partial charge on any atom is -0.458 e. The van der Waals surface area contributed by atoms with E-state index in [9.17, 15) is 19.2 Å². The Morgan fingerprint density at radius 3 is 1.77 bits per heavy atom. The van der Waals surface area contributed by atoms with Crippen molar-refractivity contribution in [3.8, 4) is 11.5 Å². The molecule has 1 aromatic carbocycles. The van der Waals surface area contributed by atoms with Gasteiger partial charge in [-0.1, -0.05) is 33.8 Å². The maximum absolute atomic E-state index is 12.6. The lowest BCUT2D eigenvalue weighted by molar-refractivity contribution is -0.155. The summed E-state index contributed by atoms with van der Waals surface area (Å²) >= 11 is 0. The van der Waals surface area contributed by atoms with Crippen LogP contribution in [0.1, 0.15) is 66.9 Å². The number of ether oxygens (including phenoxy) is 7. The van der Waals surface area contributed by atoms with Crippen LogP contribution in [0.15, 0.2) is 18.2 Å². The van der Waals surface area contributed by atoms with Gasteiger partial charge in [0.2, 0.25) is 0 Å². The fourth-order valence-corrected chi connectivity index (χ4v) is 2.72. The predicted molar refractivity (Wildman–Crippen MR) is 140 cm³/mol. The Morgan fingerprint density at radius 1 is 0.718 bits per heavy atom. The molecule has 0 aliphatic heterocycles. The van der Waals surface area contributed by atoms with E-state index in [0.717, 1.165) is 0 Å². The topological polar surface area (TPSA) is 159 Å². The molecule has 12 heteroatoms. The Morgan fingerprint density at radius 2 is 1.23 bits per heavy atom. The van der Waals surface area contributed by atoms with E-state index in [0.29, 0.717) is 18.4 Å². The highest BCUT2D eigenvalue weighted by atomic mass is 16.8. The van der Waals surface area contributed by atoms with Gasteiger partial charge in [0.15, 0.2) is 11.5 Å². The van der Waals surface area contributed by atoms with Crippen LogP contribution in [0.4, 0.5) is 14.4 Å². The highest BCUT2D eigenvalue weighted by molar-refractivity contribution is 5.76. The van der Waals surface area contributed by atoms with E-state index < -0.39 is 42.7 Å². The van der Waals surface area contributed by atoms with E-state index in [1.165, 1.54) is 12.1 Å². The Kier molecular flexibility index (Phi) is 14.7. The number of hydrogen-bond donors (Lipinski definition) is 1. The first-order valence-corrected chi connectivity index (χ1v) is 13.0. The second-order valence-corrected chi connectivity index (χ2v) is 9.27. The molecule has 1 aromatic rings. The molecule has 0 spiro atoms. The van der Waals surface area contributed by atoms with E-state index in [1.54, 1.807) is 26.8 Å². The van der Waals surface area contributed by atoms with Crippen molar-refractivity contribution in [2.45, 2.75) is 92.1 Å². The van der Waals surface area contributed by atoms with Gasteiger partial charge < -0.3 is 38.9 Å². The fourth-order valence-electron chi connectivity index (χ4n) is 2.72.